The van der Waals surface area contributed by atoms with E-state index >= 15 is 0 Å². The fourth-order valence-corrected chi connectivity index (χ4v) is 3.93. The predicted molar refractivity (Wildman–Crippen MR) is 95.7 cm³/mol. The summed E-state index contributed by atoms with van der Waals surface area (Å²) in [5.41, 5.74) is 2.08. The number of thiol groups is 1. The third-order valence-corrected chi connectivity index (χ3v) is 5.44. The van der Waals surface area contributed by atoms with Crippen molar-refractivity contribution in [3.8, 4) is 11.5 Å². The number of nitrogens with one attached hydrogen (secondary N) is 1. The SMILES string of the molecule is O=[SH](=O)NCCC1CCN(c2ccnc3cc4c(cc23)OCO4)CC1. The van der Waals surface area contributed by atoms with Crippen LogP contribution in [0.15, 0.2) is 24.4 Å². The summed E-state index contributed by atoms with van der Waals surface area (Å²) in [5.74, 6) is 2.09. The molecule has 1 fully saturated rings. The number of anilines is 1. The molecule has 0 bridgehead atoms. The number of hydrogen-bond acceptors (Lipinski definition) is 6. The van der Waals surface area contributed by atoms with Crippen molar-refractivity contribution in [3.63, 3.8) is 0 Å². The van der Waals surface area contributed by atoms with Gasteiger partial charge >= 0.3 is 0 Å². The first-order valence-electron chi connectivity index (χ1n) is 8.52. The highest BCUT2D eigenvalue weighted by Gasteiger charge is 2.22. The first-order valence-corrected chi connectivity index (χ1v) is 9.69. The minimum absolute atomic E-state index is 0.259. The smallest absolute Gasteiger partial charge is 0.231 e. The Morgan fingerprint density at radius 1 is 1.20 bits per heavy atom. The molecule has 1 N–H and O–H groups in total. The molecular weight excluding hydrogens is 342 g/mol. The molecule has 0 atom stereocenters. The zero-order chi connectivity index (χ0) is 17.2. The Balaban J connectivity index is 1.48. The Labute approximate surface area is 148 Å². The lowest BCUT2D eigenvalue weighted by Crippen LogP contribution is -2.34. The molecule has 8 heteroatoms. The van der Waals surface area contributed by atoms with Crippen molar-refractivity contribution in [2.75, 3.05) is 31.3 Å². The van der Waals surface area contributed by atoms with E-state index in [4.69, 9.17) is 9.47 Å². The molecule has 0 amide bonds. The van der Waals surface area contributed by atoms with Gasteiger partial charge in [-0.1, -0.05) is 0 Å². The Morgan fingerprint density at radius 3 is 2.72 bits per heavy atom. The summed E-state index contributed by atoms with van der Waals surface area (Å²) in [6.07, 6.45) is 4.85. The van der Waals surface area contributed by atoms with Crippen molar-refractivity contribution in [1.82, 2.24) is 9.71 Å². The maximum atomic E-state index is 10.6. The molecule has 4 rings (SSSR count). The van der Waals surface area contributed by atoms with E-state index in [1.165, 1.54) is 5.69 Å². The van der Waals surface area contributed by atoms with Crippen LogP contribution in [0.3, 0.4) is 0 Å². The van der Waals surface area contributed by atoms with E-state index in [1.54, 1.807) is 0 Å². The number of fused-ring (bicyclic) bond motifs is 2. The number of hydrogen-bond donors (Lipinski definition) is 2. The van der Waals surface area contributed by atoms with Gasteiger partial charge in [-0.2, -0.15) is 0 Å². The average molecular weight is 363 g/mol. The number of nitrogens with zero attached hydrogens (tertiary/aromatic N) is 2. The van der Waals surface area contributed by atoms with Crippen molar-refractivity contribution in [3.05, 3.63) is 24.4 Å². The van der Waals surface area contributed by atoms with Crippen LogP contribution in [0.4, 0.5) is 5.69 Å². The Hall–Kier alpha value is -2.06. The summed E-state index contributed by atoms with van der Waals surface area (Å²) in [6, 6.07) is 6.00. The topological polar surface area (TPSA) is 80.8 Å². The fraction of sp³-hybridized carbons (Fsp3) is 0.471. The van der Waals surface area contributed by atoms with Gasteiger partial charge in [0.05, 0.1) is 5.52 Å². The first-order chi connectivity index (χ1) is 12.2. The van der Waals surface area contributed by atoms with Crippen molar-refractivity contribution in [1.29, 1.82) is 0 Å². The quantitative estimate of drug-likeness (QED) is 0.787. The summed E-state index contributed by atoms with van der Waals surface area (Å²) in [4.78, 5) is 6.84. The molecular formula is C17H21N3O4S. The highest BCUT2D eigenvalue weighted by Crippen LogP contribution is 2.39. The van der Waals surface area contributed by atoms with E-state index in [0.717, 1.165) is 54.8 Å². The summed E-state index contributed by atoms with van der Waals surface area (Å²) < 4.78 is 34.6. The molecule has 1 aromatic carbocycles. The van der Waals surface area contributed by atoms with Crippen molar-refractivity contribution in [2.24, 2.45) is 5.92 Å². The molecule has 2 aliphatic rings. The molecule has 0 aliphatic carbocycles. The molecule has 3 heterocycles. The summed E-state index contributed by atoms with van der Waals surface area (Å²) in [6.45, 7) is 2.71. The van der Waals surface area contributed by atoms with E-state index < -0.39 is 10.9 Å². The van der Waals surface area contributed by atoms with Crippen LogP contribution >= 0.6 is 0 Å². The molecule has 0 spiro atoms. The van der Waals surface area contributed by atoms with E-state index in [9.17, 15) is 8.42 Å². The number of pyridine rings is 1. The molecule has 0 radical (unpaired) electrons. The van der Waals surface area contributed by atoms with Gasteiger partial charge in [0.2, 0.25) is 17.7 Å². The standard InChI is InChI=1S/C17H21N3O4S/c21-25(22)19-6-1-12-3-7-20(8-4-12)15-2-5-18-14-10-17-16(9-13(14)15)23-11-24-17/h2,5,9-10,12,25H,1,3-4,6-8,11H2,(H,19,21,22). The highest BCUT2D eigenvalue weighted by molar-refractivity contribution is 7.70. The minimum atomic E-state index is -2.48. The van der Waals surface area contributed by atoms with Crippen molar-refractivity contribution < 1.29 is 17.9 Å². The number of rotatable bonds is 5. The second-order valence-electron chi connectivity index (χ2n) is 6.44. The van der Waals surface area contributed by atoms with Gasteiger partial charge in [-0.05, 0) is 37.3 Å². The fourth-order valence-electron chi connectivity index (χ4n) is 3.62. The van der Waals surface area contributed by atoms with Crippen LogP contribution in [-0.2, 0) is 10.9 Å². The lowest BCUT2D eigenvalue weighted by atomic mass is 9.93. The molecule has 1 saturated heterocycles. The van der Waals surface area contributed by atoms with Crippen molar-refractivity contribution >= 4 is 27.5 Å². The van der Waals surface area contributed by atoms with Gasteiger partial charge in [-0.15, -0.1) is 0 Å². The van der Waals surface area contributed by atoms with Crippen LogP contribution in [0.1, 0.15) is 19.3 Å². The predicted octanol–water partition coefficient (Wildman–Crippen LogP) is 1.69. The lowest BCUT2D eigenvalue weighted by molar-refractivity contribution is 0.174. The second-order valence-corrected chi connectivity index (χ2v) is 7.27. The maximum Gasteiger partial charge on any atom is 0.231 e. The average Bonchev–Trinajstić information content (AvgIpc) is 3.07. The minimum Gasteiger partial charge on any atom is -0.454 e. The molecule has 0 unspecified atom stereocenters. The third kappa shape index (κ3) is 3.50. The first kappa shape index (κ1) is 16.4. The van der Waals surface area contributed by atoms with Crippen LogP contribution in [0.2, 0.25) is 0 Å². The van der Waals surface area contributed by atoms with Gasteiger partial charge in [0.15, 0.2) is 11.5 Å². The largest absolute Gasteiger partial charge is 0.454 e. The van der Waals surface area contributed by atoms with Crippen molar-refractivity contribution in [2.45, 2.75) is 19.3 Å². The Bertz CT molecular complexity index is 839. The number of benzene rings is 1. The number of ether oxygens (including phenoxy) is 2. The maximum absolute atomic E-state index is 10.6. The van der Waals surface area contributed by atoms with Gasteiger partial charge < -0.3 is 14.4 Å². The highest BCUT2D eigenvalue weighted by atomic mass is 32.2. The summed E-state index contributed by atoms with van der Waals surface area (Å²) in [5, 5.41) is 1.08. The monoisotopic (exact) mass is 363 g/mol. The van der Waals surface area contributed by atoms with Gasteiger partial charge in [0.1, 0.15) is 0 Å². The lowest BCUT2D eigenvalue weighted by Gasteiger charge is -2.34. The van der Waals surface area contributed by atoms with E-state index in [1.807, 2.05) is 18.3 Å². The molecule has 2 aromatic rings. The van der Waals surface area contributed by atoms with Crippen LogP contribution in [-0.4, -0.2) is 39.8 Å². The van der Waals surface area contributed by atoms with E-state index in [-0.39, 0.29) is 6.79 Å². The molecule has 0 saturated carbocycles. The molecule has 1 aromatic heterocycles. The van der Waals surface area contributed by atoms with Crippen LogP contribution in [0.25, 0.3) is 10.9 Å². The summed E-state index contributed by atoms with van der Waals surface area (Å²) >= 11 is 0. The Morgan fingerprint density at radius 2 is 1.96 bits per heavy atom. The normalized spacial score (nSPS) is 17.6. The van der Waals surface area contributed by atoms with E-state index in [2.05, 4.69) is 20.7 Å². The van der Waals surface area contributed by atoms with Gasteiger partial charge in [0, 0.05) is 43.0 Å². The second kappa shape index (κ2) is 7.05. The summed E-state index contributed by atoms with van der Waals surface area (Å²) in [7, 11) is -2.48. The van der Waals surface area contributed by atoms with Crippen LogP contribution < -0.4 is 19.1 Å². The van der Waals surface area contributed by atoms with Crippen LogP contribution in [0.5, 0.6) is 11.5 Å². The number of aromatic nitrogens is 1. The molecule has 25 heavy (non-hydrogen) atoms. The molecule has 7 nitrogen and oxygen atoms in total. The van der Waals surface area contributed by atoms with E-state index in [0.29, 0.717) is 12.5 Å². The third-order valence-electron chi connectivity index (χ3n) is 4.96. The Kier molecular flexibility index (Phi) is 4.63. The van der Waals surface area contributed by atoms with Gasteiger partial charge in [-0.3, -0.25) is 4.98 Å². The molecule has 2 aliphatic heterocycles. The zero-order valence-electron chi connectivity index (χ0n) is 13.8. The number of piperidine rings is 1. The zero-order valence-corrected chi connectivity index (χ0v) is 14.7. The van der Waals surface area contributed by atoms with Gasteiger partial charge in [-0.25, -0.2) is 13.1 Å². The molecule has 134 valence electrons. The van der Waals surface area contributed by atoms with Crippen LogP contribution in [0, 0.1) is 5.92 Å². The van der Waals surface area contributed by atoms with Gasteiger partial charge in [0.25, 0.3) is 0 Å².